The van der Waals surface area contributed by atoms with Gasteiger partial charge >= 0.3 is 5.97 Å². The molecule has 2 rings (SSSR count). The zero-order chi connectivity index (χ0) is 18.4. The van der Waals surface area contributed by atoms with E-state index < -0.39 is 12.0 Å². The Labute approximate surface area is 161 Å². The molecule has 2 aromatic carbocycles. The number of carbonyl (C=O) groups is 1. The lowest BCUT2D eigenvalue weighted by Gasteiger charge is -2.20. The molecule has 2 aromatic rings. The number of ether oxygens (including phenoxy) is 1. The molecule has 6 N–H and O–H groups in total. The molecule has 7 nitrogen and oxygen atoms in total. The lowest BCUT2D eigenvalue weighted by molar-refractivity contribution is -0.138. The maximum Gasteiger partial charge on any atom is 0.330 e. The first-order valence-corrected chi connectivity index (χ1v) is 7.77. The van der Waals surface area contributed by atoms with E-state index in [2.05, 4.69) is 5.32 Å². The predicted octanol–water partition coefficient (Wildman–Crippen LogP) is 2.65. The van der Waals surface area contributed by atoms with E-state index in [0.29, 0.717) is 27.6 Å². The Balaban J connectivity index is 0.00000338. The number of carboxylic acid groups (broad SMARTS) is 1. The molecule has 0 aliphatic rings. The van der Waals surface area contributed by atoms with Crippen molar-refractivity contribution in [3.05, 3.63) is 58.6 Å². The summed E-state index contributed by atoms with van der Waals surface area (Å²) in [7, 11) is 0. The first kappa shape index (κ1) is 21.6. The van der Waals surface area contributed by atoms with E-state index in [4.69, 9.17) is 32.6 Å². The number of carboxylic acids is 1. The van der Waals surface area contributed by atoms with Gasteiger partial charge in [0.05, 0.1) is 6.61 Å². The Morgan fingerprint density at radius 3 is 2.46 bits per heavy atom. The van der Waals surface area contributed by atoms with Crippen molar-refractivity contribution in [1.82, 2.24) is 0 Å². The van der Waals surface area contributed by atoms with Gasteiger partial charge in [-0.15, -0.1) is 12.4 Å². The van der Waals surface area contributed by atoms with Crippen LogP contribution in [0.25, 0.3) is 0 Å². The molecule has 0 heterocycles. The number of aliphatic hydroxyl groups is 1. The van der Waals surface area contributed by atoms with Crippen LogP contribution in [0.1, 0.15) is 17.2 Å². The fraction of sp³-hybridized carbons (Fsp3) is 0.176. The lowest BCUT2D eigenvalue weighted by atomic mass is 10.0. The largest absolute Gasteiger partial charge is 0.491 e. The SMILES string of the molecule is Cl.N=C(N)c1ccc(NC(C(=O)O)c2cc(Cl)ccc2OCCO)cc1. The summed E-state index contributed by atoms with van der Waals surface area (Å²) in [5.74, 6) is -0.874. The molecule has 1 unspecified atom stereocenters. The molecule has 9 heteroatoms. The minimum Gasteiger partial charge on any atom is -0.491 e. The van der Waals surface area contributed by atoms with E-state index in [0.717, 1.165) is 0 Å². The fourth-order valence-corrected chi connectivity index (χ4v) is 2.40. The smallest absolute Gasteiger partial charge is 0.330 e. The zero-order valence-corrected chi connectivity index (χ0v) is 15.2. The number of nitrogens with one attached hydrogen (secondary N) is 2. The number of hydrogen-bond acceptors (Lipinski definition) is 5. The van der Waals surface area contributed by atoms with Gasteiger partial charge in [-0.3, -0.25) is 5.41 Å². The third-order valence-corrected chi connectivity index (χ3v) is 3.62. The van der Waals surface area contributed by atoms with Crippen molar-refractivity contribution >= 4 is 41.5 Å². The van der Waals surface area contributed by atoms with Crippen LogP contribution in [0.3, 0.4) is 0 Å². The summed E-state index contributed by atoms with van der Waals surface area (Å²) in [4.78, 5) is 11.8. The normalized spacial score (nSPS) is 11.2. The molecule has 0 spiro atoms. The highest BCUT2D eigenvalue weighted by Gasteiger charge is 2.24. The third-order valence-electron chi connectivity index (χ3n) is 3.39. The first-order chi connectivity index (χ1) is 11.9. The second-order valence-corrected chi connectivity index (χ2v) is 5.60. The van der Waals surface area contributed by atoms with Gasteiger partial charge in [-0.05, 0) is 42.5 Å². The van der Waals surface area contributed by atoms with E-state index in [1.165, 1.54) is 6.07 Å². The molecule has 0 saturated carbocycles. The summed E-state index contributed by atoms with van der Waals surface area (Å²) in [6.45, 7) is -0.159. The number of nitrogen functional groups attached to an aromatic ring is 1. The number of aliphatic carboxylic acids is 1. The summed E-state index contributed by atoms with van der Waals surface area (Å²) >= 11 is 6.00. The molecule has 0 saturated heterocycles. The molecule has 0 aliphatic carbocycles. The Morgan fingerprint density at radius 2 is 1.92 bits per heavy atom. The highest BCUT2D eigenvalue weighted by atomic mass is 35.5. The molecule has 0 aromatic heterocycles. The maximum atomic E-state index is 11.8. The van der Waals surface area contributed by atoms with Gasteiger partial charge in [0.25, 0.3) is 0 Å². The van der Waals surface area contributed by atoms with E-state index in [1.807, 2.05) is 0 Å². The quantitative estimate of drug-likeness (QED) is 0.342. The molecular formula is C17H19Cl2N3O4. The highest BCUT2D eigenvalue weighted by molar-refractivity contribution is 6.30. The third kappa shape index (κ3) is 5.52. The van der Waals surface area contributed by atoms with Crippen LogP contribution in [0.5, 0.6) is 5.75 Å². The summed E-state index contributed by atoms with van der Waals surface area (Å²) in [5.41, 5.74) is 6.81. The summed E-state index contributed by atoms with van der Waals surface area (Å²) < 4.78 is 5.40. The molecule has 0 radical (unpaired) electrons. The Hall–Kier alpha value is -2.48. The van der Waals surface area contributed by atoms with Crippen molar-refractivity contribution in [3.8, 4) is 5.75 Å². The average Bonchev–Trinajstić information content (AvgIpc) is 2.58. The minimum atomic E-state index is -1.12. The number of amidine groups is 1. The van der Waals surface area contributed by atoms with Crippen LogP contribution in [-0.4, -0.2) is 35.2 Å². The number of nitrogens with two attached hydrogens (primary N) is 1. The zero-order valence-electron chi connectivity index (χ0n) is 13.6. The van der Waals surface area contributed by atoms with Crippen molar-refractivity contribution in [1.29, 1.82) is 5.41 Å². The van der Waals surface area contributed by atoms with Crippen LogP contribution in [0.2, 0.25) is 5.02 Å². The summed E-state index contributed by atoms with van der Waals surface area (Å²) in [6, 6.07) is 10.0. The molecule has 0 aliphatic heterocycles. The number of anilines is 1. The molecule has 0 fully saturated rings. The van der Waals surface area contributed by atoms with E-state index in [9.17, 15) is 9.90 Å². The number of rotatable bonds is 8. The molecule has 0 amide bonds. The predicted molar refractivity (Wildman–Crippen MR) is 103 cm³/mol. The average molecular weight is 400 g/mol. The van der Waals surface area contributed by atoms with Gasteiger partial charge in [0.15, 0.2) is 6.04 Å². The number of benzene rings is 2. The van der Waals surface area contributed by atoms with Crippen molar-refractivity contribution in [3.63, 3.8) is 0 Å². The Morgan fingerprint density at radius 1 is 1.27 bits per heavy atom. The van der Waals surface area contributed by atoms with Crippen LogP contribution in [-0.2, 0) is 4.79 Å². The van der Waals surface area contributed by atoms with Crippen LogP contribution < -0.4 is 15.8 Å². The van der Waals surface area contributed by atoms with Crippen LogP contribution >= 0.6 is 24.0 Å². The fourth-order valence-electron chi connectivity index (χ4n) is 2.22. The van der Waals surface area contributed by atoms with Crippen LogP contribution in [0.15, 0.2) is 42.5 Å². The van der Waals surface area contributed by atoms with Gasteiger partial charge in [-0.25, -0.2) is 4.79 Å². The molecular weight excluding hydrogens is 381 g/mol. The molecule has 26 heavy (non-hydrogen) atoms. The lowest BCUT2D eigenvalue weighted by Crippen LogP contribution is -2.22. The number of halogens is 2. The second-order valence-electron chi connectivity index (χ2n) is 5.16. The molecule has 1 atom stereocenters. The topological polar surface area (TPSA) is 129 Å². The van der Waals surface area contributed by atoms with Crippen molar-refractivity contribution < 1.29 is 19.7 Å². The number of hydrogen-bond donors (Lipinski definition) is 5. The molecule has 0 bridgehead atoms. The van der Waals surface area contributed by atoms with Gasteiger partial charge in [0.1, 0.15) is 18.2 Å². The Kier molecular flexibility index (Phi) is 8.18. The van der Waals surface area contributed by atoms with Crippen molar-refractivity contribution in [2.45, 2.75) is 6.04 Å². The second kappa shape index (κ2) is 9.86. The van der Waals surface area contributed by atoms with Crippen LogP contribution in [0.4, 0.5) is 5.69 Å². The van der Waals surface area contributed by atoms with Gasteiger partial charge in [0.2, 0.25) is 0 Å². The van der Waals surface area contributed by atoms with Gasteiger partial charge in [-0.1, -0.05) is 11.6 Å². The van der Waals surface area contributed by atoms with Crippen molar-refractivity contribution in [2.24, 2.45) is 5.73 Å². The summed E-state index contributed by atoms with van der Waals surface area (Å²) in [6.07, 6.45) is 0. The van der Waals surface area contributed by atoms with E-state index in [1.54, 1.807) is 36.4 Å². The molecule has 140 valence electrons. The highest BCUT2D eigenvalue weighted by Crippen LogP contribution is 2.31. The maximum absolute atomic E-state index is 11.8. The monoisotopic (exact) mass is 399 g/mol. The van der Waals surface area contributed by atoms with E-state index >= 15 is 0 Å². The van der Waals surface area contributed by atoms with E-state index in [-0.39, 0.29) is 31.5 Å². The Bertz CT molecular complexity index is 769. The van der Waals surface area contributed by atoms with Crippen LogP contribution in [0, 0.1) is 5.41 Å². The van der Waals surface area contributed by atoms with Gasteiger partial charge < -0.3 is 26.0 Å². The van der Waals surface area contributed by atoms with Crippen molar-refractivity contribution in [2.75, 3.05) is 18.5 Å². The first-order valence-electron chi connectivity index (χ1n) is 7.39. The standard InChI is InChI=1S/C17H18ClN3O4.ClH/c18-11-3-6-14(25-8-7-22)13(9-11)15(17(23)24)21-12-4-1-10(2-5-12)16(19)20;/h1-6,9,15,21-22H,7-8H2,(H3,19,20)(H,23,24);1H. The van der Waals surface area contributed by atoms with Gasteiger partial charge in [0, 0.05) is 21.8 Å². The minimum absolute atomic E-state index is 0. The summed E-state index contributed by atoms with van der Waals surface area (Å²) in [5, 5.41) is 29.2. The van der Waals surface area contributed by atoms with Gasteiger partial charge in [-0.2, -0.15) is 0 Å². The number of aliphatic hydroxyl groups excluding tert-OH is 1.